The lowest BCUT2D eigenvalue weighted by atomic mass is 10.2. The second kappa shape index (κ2) is 5.70. The summed E-state index contributed by atoms with van der Waals surface area (Å²) < 4.78 is 32.5. The van der Waals surface area contributed by atoms with E-state index in [2.05, 4.69) is 5.10 Å². The first-order valence-corrected chi connectivity index (χ1v) is 8.80. The van der Waals surface area contributed by atoms with Crippen LogP contribution in [-0.4, -0.2) is 23.7 Å². The lowest BCUT2D eigenvalue weighted by Gasteiger charge is -2.07. The smallest absolute Gasteiger partial charge is 0.283 e. The highest BCUT2D eigenvalue weighted by Crippen LogP contribution is 2.28. The molecule has 6 heteroatoms. The van der Waals surface area contributed by atoms with Crippen molar-refractivity contribution in [1.82, 2.24) is 9.19 Å². The van der Waals surface area contributed by atoms with Gasteiger partial charge in [-0.1, -0.05) is 29.8 Å². The molecule has 0 N–H and O–H groups in total. The number of aromatic nitrogens is 2. The Labute approximate surface area is 135 Å². The van der Waals surface area contributed by atoms with Gasteiger partial charge in [0.05, 0.1) is 21.9 Å². The van der Waals surface area contributed by atoms with E-state index in [1.54, 1.807) is 42.5 Å². The van der Waals surface area contributed by atoms with Crippen LogP contribution in [0.5, 0.6) is 5.88 Å². The molecule has 1 heterocycles. The van der Waals surface area contributed by atoms with E-state index in [0.29, 0.717) is 16.8 Å². The Bertz CT molecular complexity index is 942. The predicted octanol–water partition coefficient (Wildman–Crippen LogP) is 3.37. The molecule has 0 bridgehead atoms. The number of rotatable bonds is 4. The number of hydrogen-bond donors (Lipinski definition) is 0. The number of fused-ring (bicyclic) bond motifs is 1. The van der Waals surface area contributed by atoms with Gasteiger partial charge < -0.3 is 4.74 Å². The van der Waals surface area contributed by atoms with E-state index in [9.17, 15) is 8.42 Å². The fourth-order valence-electron chi connectivity index (χ4n) is 2.32. The van der Waals surface area contributed by atoms with Crippen LogP contribution in [0.1, 0.15) is 19.4 Å². The molecule has 5 nitrogen and oxygen atoms in total. The Morgan fingerprint density at radius 2 is 1.70 bits per heavy atom. The number of hydrogen-bond acceptors (Lipinski definition) is 4. The zero-order chi connectivity index (χ0) is 16.6. The molecular weight excluding hydrogens is 312 g/mol. The van der Waals surface area contributed by atoms with E-state index in [4.69, 9.17) is 4.74 Å². The highest BCUT2D eigenvalue weighted by atomic mass is 32.2. The molecule has 0 saturated carbocycles. The van der Waals surface area contributed by atoms with Crippen LogP contribution in [0.3, 0.4) is 0 Å². The third-order valence-corrected chi connectivity index (χ3v) is 5.02. The molecule has 2 aromatic carbocycles. The Morgan fingerprint density at radius 1 is 1.04 bits per heavy atom. The molecular formula is C17H18N2O3S. The third kappa shape index (κ3) is 2.82. The van der Waals surface area contributed by atoms with Gasteiger partial charge >= 0.3 is 0 Å². The van der Waals surface area contributed by atoms with Gasteiger partial charge in [0, 0.05) is 0 Å². The van der Waals surface area contributed by atoms with Crippen LogP contribution >= 0.6 is 0 Å². The molecule has 23 heavy (non-hydrogen) atoms. The molecule has 0 amide bonds. The van der Waals surface area contributed by atoms with E-state index in [-0.39, 0.29) is 11.0 Å². The second-order valence-corrected chi connectivity index (χ2v) is 7.42. The summed E-state index contributed by atoms with van der Waals surface area (Å²) in [4.78, 5) is 0.201. The van der Waals surface area contributed by atoms with Crippen LogP contribution in [-0.2, 0) is 10.0 Å². The zero-order valence-electron chi connectivity index (χ0n) is 13.2. The van der Waals surface area contributed by atoms with Crippen molar-refractivity contribution in [2.24, 2.45) is 0 Å². The van der Waals surface area contributed by atoms with Gasteiger partial charge in [0.2, 0.25) is 5.88 Å². The monoisotopic (exact) mass is 330 g/mol. The summed E-state index contributed by atoms with van der Waals surface area (Å²) in [6.07, 6.45) is -0.0937. The molecule has 120 valence electrons. The number of aryl methyl sites for hydroxylation is 1. The van der Waals surface area contributed by atoms with E-state index < -0.39 is 10.0 Å². The molecule has 0 spiro atoms. The molecule has 3 aromatic rings. The quantitative estimate of drug-likeness (QED) is 0.736. The van der Waals surface area contributed by atoms with Crippen LogP contribution in [0.4, 0.5) is 0 Å². The molecule has 0 radical (unpaired) electrons. The van der Waals surface area contributed by atoms with Gasteiger partial charge in [0.15, 0.2) is 0 Å². The summed E-state index contributed by atoms with van der Waals surface area (Å²) in [5.74, 6) is 0.325. The minimum Gasteiger partial charge on any atom is -0.473 e. The fraction of sp³-hybridized carbons (Fsp3) is 0.235. The number of benzene rings is 2. The molecule has 0 aliphatic carbocycles. The van der Waals surface area contributed by atoms with Gasteiger partial charge in [-0.3, -0.25) is 0 Å². The normalized spacial score (nSPS) is 12.0. The van der Waals surface area contributed by atoms with Crippen molar-refractivity contribution in [1.29, 1.82) is 0 Å². The minimum absolute atomic E-state index is 0.0937. The summed E-state index contributed by atoms with van der Waals surface area (Å²) in [5, 5.41) is 4.88. The Hall–Kier alpha value is -2.34. The van der Waals surface area contributed by atoms with Crippen LogP contribution in [0.2, 0.25) is 0 Å². The standard InChI is InChI=1S/C17H18N2O3S/c1-12(2)22-17-15-6-4-5-7-16(15)19(18-17)23(20,21)14-10-8-13(3)9-11-14/h4-12H,1-3H3. The predicted molar refractivity (Wildman–Crippen MR) is 89.3 cm³/mol. The summed E-state index contributed by atoms with van der Waals surface area (Å²) in [6.45, 7) is 5.67. The fourth-order valence-corrected chi connectivity index (χ4v) is 3.59. The molecule has 0 unspecified atom stereocenters. The lowest BCUT2D eigenvalue weighted by molar-refractivity contribution is 0.234. The summed E-state index contributed by atoms with van der Waals surface area (Å²) in [6, 6.07) is 13.9. The Kier molecular flexibility index (Phi) is 3.85. The van der Waals surface area contributed by atoms with Gasteiger partial charge in [-0.15, -0.1) is 9.19 Å². The SMILES string of the molecule is Cc1ccc(S(=O)(=O)n2nc(OC(C)C)c3ccccc32)cc1. The van der Waals surface area contributed by atoms with Gasteiger partial charge in [0.25, 0.3) is 10.0 Å². The van der Waals surface area contributed by atoms with Crippen molar-refractivity contribution in [3.8, 4) is 5.88 Å². The number of para-hydroxylation sites is 1. The lowest BCUT2D eigenvalue weighted by Crippen LogP contribution is -2.15. The van der Waals surface area contributed by atoms with Gasteiger partial charge in [-0.2, -0.15) is 8.42 Å². The Balaban J connectivity index is 2.21. The molecule has 1 aromatic heterocycles. The van der Waals surface area contributed by atoms with Crippen LogP contribution in [0.25, 0.3) is 10.9 Å². The largest absolute Gasteiger partial charge is 0.473 e. The number of ether oxygens (including phenoxy) is 1. The van der Waals surface area contributed by atoms with E-state index in [0.717, 1.165) is 9.65 Å². The van der Waals surface area contributed by atoms with E-state index in [1.807, 2.05) is 26.8 Å². The van der Waals surface area contributed by atoms with Crippen LogP contribution in [0, 0.1) is 6.92 Å². The topological polar surface area (TPSA) is 61.2 Å². The van der Waals surface area contributed by atoms with Crippen molar-refractivity contribution < 1.29 is 13.2 Å². The van der Waals surface area contributed by atoms with Crippen LogP contribution < -0.4 is 4.74 Å². The maximum Gasteiger partial charge on any atom is 0.283 e. The van der Waals surface area contributed by atoms with Crippen LogP contribution in [0.15, 0.2) is 53.4 Å². The third-order valence-electron chi connectivity index (χ3n) is 3.42. The average Bonchev–Trinajstić information content (AvgIpc) is 2.87. The molecule has 0 atom stereocenters. The van der Waals surface area contributed by atoms with Crippen molar-refractivity contribution in [3.05, 3.63) is 54.1 Å². The zero-order valence-corrected chi connectivity index (χ0v) is 14.0. The molecule has 3 rings (SSSR count). The second-order valence-electron chi connectivity index (χ2n) is 5.65. The van der Waals surface area contributed by atoms with Crippen molar-refractivity contribution in [2.45, 2.75) is 31.8 Å². The van der Waals surface area contributed by atoms with Gasteiger partial charge in [-0.25, -0.2) is 0 Å². The first kappa shape index (κ1) is 15.6. The maximum absolute atomic E-state index is 12.9. The van der Waals surface area contributed by atoms with E-state index in [1.165, 1.54) is 0 Å². The van der Waals surface area contributed by atoms with Crippen molar-refractivity contribution in [3.63, 3.8) is 0 Å². The highest BCUT2D eigenvalue weighted by Gasteiger charge is 2.23. The summed E-state index contributed by atoms with van der Waals surface area (Å²) in [5.41, 5.74) is 1.50. The minimum atomic E-state index is -3.77. The van der Waals surface area contributed by atoms with Crippen molar-refractivity contribution >= 4 is 20.9 Å². The molecule has 0 aliphatic rings. The average molecular weight is 330 g/mol. The van der Waals surface area contributed by atoms with Crippen molar-refractivity contribution in [2.75, 3.05) is 0 Å². The van der Waals surface area contributed by atoms with Gasteiger partial charge in [0.1, 0.15) is 0 Å². The highest BCUT2D eigenvalue weighted by molar-refractivity contribution is 7.90. The first-order valence-electron chi connectivity index (χ1n) is 7.36. The first-order chi connectivity index (χ1) is 10.9. The van der Waals surface area contributed by atoms with E-state index >= 15 is 0 Å². The van der Waals surface area contributed by atoms with Gasteiger partial charge in [-0.05, 0) is 45.0 Å². The molecule has 0 aliphatic heterocycles. The molecule has 0 saturated heterocycles. The molecule has 0 fully saturated rings. The number of nitrogens with zero attached hydrogens (tertiary/aromatic N) is 2. The summed E-state index contributed by atoms with van der Waals surface area (Å²) in [7, 11) is -3.77. The Morgan fingerprint density at radius 3 is 2.35 bits per heavy atom. The summed E-state index contributed by atoms with van der Waals surface area (Å²) >= 11 is 0. The maximum atomic E-state index is 12.9.